The fourth-order valence-corrected chi connectivity index (χ4v) is 3.31. The van der Waals surface area contributed by atoms with Gasteiger partial charge < -0.3 is 0 Å². The highest BCUT2D eigenvalue weighted by Gasteiger charge is 2.23. The maximum atomic E-state index is 14.8. The number of rotatable bonds is 6. The molecule has 0 amide bonds. The van der Waals surface area contributed by atoms with Crippen molar-refractivity contribution in [1.82, 2.24) is 0 Å². The van der Waals surface area contributed by atoms with Crippen LogP contribution in [0, 0.1) is 17.5 Å². The summed E-state index contributed by atoms with van der Waals surface area (Å²) in [7, 11) is 0. The van der Waals surface area contributed by atoms with E-state index in [9.17, 15) is 22.0 Å². The zero-order chi connectivity index (χ0) is 21.8. The Morgan fingerprint density at radius 1 is 0.867 bits per heavy atom. The summed E-state index contributed by atoms with van der Waals surface area (Å²) in [5.74, 6) is -6.88. The third-order valence-corrected chi connectivity index (χ3v) is 5.06. The second-order valence-electron chi connectivity index (χ2n) is 6.98. The third-order valence-electron chi connectivity index (χ3n) is 5.06. The average Bonchev–Trinajstić information content (AvgIpc) is 2.76. The van der Waals surface area contributed by atoms with Crippen LogP contribution < -0.4 is 0 Å². The highest BCUT2D eigenvalue weighted by molar-refractivity contribution is 5.91. The van der Waals surface area contributed by atoms with Gasteiger partial charge in [0.1, 0.15) is 5.82 Å². The van der Waals surface area contributed by atoms with Crippen LogP contribution in [0.3, 0.4) is 0 Å². The summed E-state index contributed by atoms with van der Waals surface area (Å²) in [5, 5.41) is -0.602. The van der Waals surface area contributed by atoms with E-state index >= 15 is 0 Å². The van der Waals surface area contributed by atoms with E-state index < -0.39 is 40.1 Å². The molecule has 0 radical (unpaired) electrons. The summed E-state index contributed by atoms with van der Waals surface area (Å²) < 4.78 is 73.4. The summed E-state index contributed by atoms with van der Waals surface area (Å²) in [6.07, 6.45) is 5.22. The molecule has 3 aromatic carbocycles. The summed E-state index contributed by atoms with van der Waals surface area (Å²) in [6, 6.07) is 9.77. The Balaban J connectivity index is 2.10. The molecule has 0 heterocycles. The van der Waals surface area contributed by atoms with E-state index in [0.29, 0.717) is 12.8 Å². The molecule has 30 heavy (non-hydrogen) atoms. The van der Waals surface area contributed by atoms with Gasteiger partial charge in [0.25, 0.3) is 0 Å². The minimum absolute atomic E-state index is 0.0412. The standard InChI is InChI=1S/C25H21F5/c1-3-5-6-7-16-12-13-18-14-19(24(29)25(30)20(18)21(16)26)23(28)22(27)17-10-8-15(4-2)9-11-17/h3,5,8-14H,4,6-7H2,1-2H3/b5-3+,23-22?. The number of hydrogen-bond acceptors (Lipinski definition) is 0. The molecule has 3 aromatic rings. The molecule has 0 aliphatic carbocycles. The number of benzene rings is 3. The van der Waals surface area contributed by atoms with Gasteiger partial charge in [-0.1, -0.05) is 55.5 Å². The predicted molar refractivity (Wildman–Crippen MR) is 112 cm³/mol. The monoisotopic (exact) mass is 416 g/mol. The van der Waals surface area contributed by atoms with Gasteiger partial charge in [-0.15, -0.1) is 0 Å². The lowest BCUT2D eigenvalue weighted by atomic mass is 9.98. The molecule has 0 aliphatic rings. The van der Waals surface area contributed by atoms with Crippen molar-refractivity contribution in [3.8, 4) is 0 Å². The second kappa shape index (κ2) is 9.24. The number of allylic oxidation sites excluding steroid dienone is 2. The molecule has 0 nitrogen and oxygen atoms in total. The molecule has 0 aromatic heterocycles. The smallest absolute Gasteiger partial charge is 0.170 e. The lowest BCUT2D eigenvalue weighted by Gasteiger charge is -2.11. The van der Waals surface area contributed by atoms with Gasteiger partial charge in [-0.05, 0) is 48.8 Å². The topological polar surface area (TPSA) is 0 Å². The highest BCUT2D eigenvalue weighted by atomic mass is 19.2. The van der Waals surface area contributed by atoms with E-state index in [-0.39, 0.29) is 16.5 Å². The van der Waals surface area contributed by atoms with Crippen LogP contribution in [-0.2, 0) is 12.8 Å². The van der Waals surface area contributed by atoms with E-state index in [1.807, 2.05) is 26.0 Å². The van der Waals surface area contributed by atoms with Gasteiger partial charge in [-0.25, -0.2) is 22.0 Å². The molecule has 0 spiro atoms. The normalized spacial score (nSPS) is 12.6. The van der Waals surface area contributed by atoms with Crippen LogP contribution in [0.2, 0.25) is 0 Å². The first-order valence-corrected chi connectivity index (χ1v) is 9.74. The van der Waals surface area contributed by atoms with Gasteiger partial charge in [0.15, 0.2) is 23.3 Å². The Bertz CT molecular complexity index is 1120. The molecule has 0 saturated heterocycles. The molecule has 0 unspecified atom stereocenters. The quantitative estimate of drug-likeness (QED) is 0.216. The summed E-state index contributed by atoms with van der Waals surface area (Å²) in [5.41, 5.74) is 0.189. The summed E-state index contributed by atoms with van der Waals surface area (Å²) in [4.78, 5) is 0. The van der Waals surface area contributed by atoms with E-state index in [1.165, 1.54) is 24.3 Å². The maximum absolute atomic E-state index is 14.8. The largest absolute Gasteiger partial charge is 0.206 e. The number of fused-ring (bicyclic) bond motifs is 1. The van der Waals surface area contributed by atoms with Crippen molar-refractivity contribution >= 4 is 22.4 Å². The van der Waals surface area contributed by atoms with Crippen molar-refractivity contribution in [3.05, 3.63) is 94.3 Å². The fourth-order valence-electron chi connectivity index (χ4n) is 3.31. The van der Waals surface area contributed by atoms with Gasteiger partial charge in [-0.2, -0.15) is 0 Å². The molecular formula is C25H21F5. The number of hydrogen-bond donors (Lipinski definition) is 0. The minimum atomic E-state index is -1.62. The summed E-state index contributed by atoms with van der Waals surface area (Å²) >= 11 is 0. The highest BCUT2D eigenvalue weighted by Crippen LogP contribution is 2.35. The SMILES string of the molecule is C/C=C/CCc1ccc2cc(C(F)=C(F)c3ccc(CC)cc3)c(F)c(F)c2c1F. The molecule has 0 N–H and O–H groups in total. The number of halogens is 5. The molecule has 0 fully saturated rings. The van der Waals surface area contributed by atoms with E-state index in [2.05, 4.69) is 0 Å². The van der Waals surface area contributed by atoms with Crippen molar-refractivity contribution in [3.63, 3.8) is 0 Å². The Labute approximate surface area is 172 Å². The lowest BCUT2D eigenvalue weighted by molar-refractivity contribution is 0.505. The average molecular weight is 416 g/mol. The van der Waals surface area contributed by atoms with Crippen molar-refractivity contribution in [2.24, 2.45) is 0 Å². The van der Waals surface area contributed by atoms with E-state index in [0.717, 1.165) is 18.1 Å². The van der Waals surface area contributed by atoms with Crippen LogP contribution >= 0.6 is 0 Å². The molecule has 3 rings (SSSR count). The van der Waals surface area contributed by atoms with Gasteiger partial charge in [0.05, 0.1) is 10.9 Å². The van der Waals surface area contributed by atoms with Crippen LogP contribution in [0.4, 0.5) is 22.0 Å². The Hall–Kier alpha value is -2.95. The van der Waals surface area contributed by atoms with Crippen LogP contribution in [0.15, 0.2) is 54.6 Å². The van der Waals surface area contributed by atoms with Gasteiger partial charge in [0, 0.05) is 5.56 Å². The number of aryl methyl sites for hydroxylation is 2. The van der Waals surface area contributed by atoms with Crippen molar-refractivity contribution < 1.29 is 22.0 Å². The van der Waals surface area contributed by atoms with Crippen LogP contribution in [-0.4, -0.2) is 0 Å². The first-order valence-electron chi connectivity index (χ1n) is 9.74. The lowest BCUT2D eigenvalue weighted by Crippen LogP contribution is -2.00. The molecule has 156 valence electrons. The minimum Gasteiger partial charge on any atom is -0.206 e. The molecule has 0 atom stereocenters. The Morgan fingerprint density at radius 3 is 2.20 bits per heavy atom. The molecule has 0 aliphatic heterocycles. The molecule has 0 bridgehead atoms. The van der Waals surface area contributed by atoms with Gasteiger partial charge >= 0.3 is 0 Å². The van der Waals surface area contributed by atoms with Gasteiger partial charge in [-0.3, -0.25) is 0 Å². The third kappa shape index (κ3) is 4.16. The van der Waals surface area contributed by atoms with Crippen molar-refractivity contribution in [2.45, 2.75) is 33.1 Å². The van der Waals surface area contributed by atoms with Crippen molar-refractivity contribution in [2.75, 3.05) is 0 Å². The van der Waals surface area contributed by atoms with E-state index in [1.54, 1.807) is 12.1 Å². The first-order chi connectivity index (χ1) is 14.4. The first kappa shape index (κ1) is 21.8. The molecule has 5 heteroatoms. The van der Waals surface area contributed by atoms with Crippen LogP contribution in [0.1, 0.15) is 42.5 Å². The van der Waals surface area contributed by atoms with Crippen molar-refractivity contribution in [1.29, 1.82) is 0 Å². The fraction of sp³-hybridized carbons (Fsp3) is 0.200. The molecule has 0 saturated carbocycles. The van der Waals surface area contributed by atoms with Crippen LogP contribution in [0.25, 0.3) is 22.4 Å². The van der Waals surface area contributed by atoms with Crippen LogP contribution in [0.5, 0.6) is 0 Å². The summed E-state index contributed by atoms with van der Waals surface area (Å²) in [6.45, 7) is 3.74. The van der Waals surface area contributed by atoms with Gasteiger partial charge in [0.2, 0.25) is 0 Å². The molecular weight excluding hydrogens is 395 g/mol. The Kier molecular flexibility index (Phi) is 6.70. The predicted octanol–water partition coefficient (Wildman–Crippen LogP) is 8.09. The zero-order valence-corrected chi connectivity index (χ0v) is 16.7. The second-order valence-corrected chi connectivity index (χ2v) is 6.98. The zero-order valence-electron chi connectivity index (χ0n) is 16.7. The Morgan fingerprint density at radius 2 is 1.57 bits per heavy atom. The maximum Gasteiger partial charge on any atom is 0.170 e. The van der Waals surface area contributed by atoms with E-state index in [4.69, 9.17) is 0 Å².